The molecule has 1 amide bonds. The number of methoxy groups -OCH3 is 1. The van der Waals surface area contributed by atoms with Crippen molar-refractivity contribution in [1.82, 2.24) is 4.90 Å². The van der Waals surface area contributed by atoms with Crippen LogP contribution in [0, 0.1) is 5.41 Å². The number of rotatable bonds is 11. The highest BCUT2D eigenvalue weighted by Crippen LogP contribution is 2.51. The van der Waals surface area contributed by atoms with Gasteiger partial charge in [-0.15, -0.1) is 11.8 Å². The van der Waals surface area contributed by atoms with Crippen LogP contribution in [-0.2, 0) is 19.1 Å². The fraction of sp³-hybridized carbons (Fsp3) is 0.792. The number of unbranched alkanes of at least 4 members (excludes halogenated alkanes) is 8. The third kappa shape index (κ3) is 5.29. The summed E-state index contributed by atoms with van der Waals surface area (Å²) >= 11 is 1.42. The molecule has 2 heterocycles. The lowest BCUT2D eigenvalue weighted by molar-refractivity contribution is -0.159. The van der Waals surface area contributed by atoms with Gasteiger partial charge in [-0.1, -0.05) is 79.1 Å². The second kappa shape index (κ2) is 10.9. The van der Waals surface area contributed by atoms with Crippen LogP contribution in [-0.4, -0.2) is 51.4 Å². The Kier molecular flexibility index (Phi) is 9.04. The van der Waals surface area contributed by atoms with Crippen molar-refractivity contribution in [3.05, 3.63) is 11.3 Å². The van der Waals surface area contributed by atoms with Gasteiger partial charge in [-0.05, 0) is 11.8 Å². The second-order valence-corrected chi connectivity index (χ2v) is 10.9. The van der Waals surface area contributed by atoms with E-state index < -0.39 is 23.2 Å². The number of Topliss-reactive ketones (excluding diaryl/α,β-unsaturated/α-hetero) is 1. The predicted molar refractivity (Wildman–Crippen MR) is 124 cm³/mol. The highest BCUT2D eigenvalue weighted by atomic mass is 32.2. The van der Waals surface area contributed by atoms with Crippen molar-refractivity contribution in [2.24, 2.45) is 5.41 Å². The van der Waals surface area contributed by atoms with E-state index in [9.17, 15) is 19.5 Å². The number of carbonyl (C=O) groups excluding carboxylic acids is 3. The molecule has 0 aromatic rings. The molecule has 0 bridgehead atoms. The first-order chi connectivity index (χ1) is 14.6. The maximum Gasteiger partial charge on any atom is 0.340 e. The average molecular weight is 454 g/mol. The molecule has 2 saturated heterocycles. The maximum absolute atomic E-state index is 13.3. The van der Waals surface area contributed by atoms with E-state index in [1.165, 1.54) is 62.3 Å². The van der Waals surface area contributed by atoms with Crippen LogP contribution >= 0.6 is 11.8 Å². The van der Waals surface area contributed by atoms with Gasteiger partial charge in [0.2, 0.25) is 11.3 Å². The van der Waals surface area contributed by atoms with Crippen LogP contribution in [0.2, 0.25) is 0 Å². The summed E-state index contributed by atoms with van der Waals surface area (Å²) in [5, 5.41) is 10.3. The highest BCUT2D eigenvalue weighted by molar-refractivity contribution is 8.00. The fourth-order valence-corrected chi connectivity index (χ4v) is 6.17. The van der Waals surface area contributed by atoms with E-state index in [0.717, 1.165) is 12.8 Å². The van der Waals surface area contributed by atoms with Gasteiger partial charge in [0.25, 0.3) is 5.91 Å². The molecule has 2 rings (SSSR count). The van der Waals surface area contributed by atoms with Gasteiger partial charge >= 0.3 is 5.97 Å². The van der Waals surface area contributed by atoms with Crippen LogP contribution < -0.4 is 0 Å². The standard InChI is InChI=1S/C24H39NO5S/c1-6-7-8-9-10-11-12-13-14-15-17(26)18-19(27)24(22(29)30-5)16-31-21(23(2,3)4)25(24)20(18)28/h21,26H,6-16H2,1-5H3/b18-17-/t21-,24-/m1/s1. The molecule has 0 aromatic carbocycles. The molecule has 2 aliphatic heterocycles. The number of thioether (sulfide) groups is 1. The summed E-state index contributed by atoms with van der Waals surface area (Å²) in [6.45, 7) is 8.12. The number of esters is 1. The van der Waals surface area contributed by atoms with Gasteiger partial charge in [0.05, 0.1) is 12.5 Å². The Hall–Kier alpha value is -1.50. The smallest absolute Gasteiger partial charge is 0.340 e. The zero-order valence-corrected chi connectivity index (χ0v) is 20.6. The zero-order chi connectivity index (χ0) is 23.2. The van der Waals surface area contributed by atoms with Gasteiger partial charge < -0.3 is 14.7 Å². The Labute approximate surface area is 191 Å². The van der Waals surface area contributed by atoms with E-state index in [1.807, 2.05) is 20.8 Å². The molecule has 6 nitrogen and oxygen atoms in total. The summed E-state index contributed by atoms with van der Waals surface area (Å²) in [5.74, 6) is -1.92. The van der Waals surface area contributed by atoms with Crippen molar-refractivity contribution in [2.45, 2.75) is 103 Å². The van der Waals surface area contributed by atoms with Gasteiger partial charge in [0, 0.05) is 12.2 Å². The fourth-order valence-electron chi connectivity index (χ4n) is 4.46. The van der Waals surface area contributed by atoms with Gasteiger partial charge in [-0.25, -0.2) is 4.79 Å². The molecule has 176 valence electrons. The van der Waals surface area contributed by atoms with Gasteiger partial charge in [0.1, 0.15) is 11.3 Å². The number of allylic oxidation sites excluding steroid dienone is 1. The molecule has 31 heavy (non-hydrogen) atoms. The number of aliphatic hydroxyl groups excluding tert-OH is 1. The Bertz CT molecular complexity index is 711. The monoisotopic (exact) mass is 453 g/mol. The van der Waals surface area contributed by atoms with Crippen molar-refractivity contribution in [2.75, 3.05) is 12.9 Å². The number of ether oxygens (including phenoxy) is 1. The van der Waals surface area contributed by atoms with E-state index in [-0.39, 0.29) is 34.3 Å². The Morgan fingerprint density at radius 1 is 1.10 bits per heavy atom. The number of hydrogen-bond donors (Lipinski definition) is 1. The molecule has 0 aliphatic carbocycles. The largest absolute Gasteiger partial charge is 0.511 e. The van der Waals surface area contributed by atoms with Gasteiger partial charge in [-0.2, -0.15) is 0 Å². The third-order valence-electron chi connectivity index (χ3n) is 6.20. The first kappa shape index (κ1) is 25.8. The molecule has 2 fully saturated rings. The first-order valence-electron chi connectivity index (χ1n) is 11.6. The van der Waals surface area contributed by atoms with Crippen molar-refractivity contribution < 1.29 is 24.2 Å². The summed E-state index contributed by atoms with van der Waals surface area (Å²) in [6.07, 6.45) is 10.5. The molecular formula is C24H39NO5S. The van der Waals surface area contributed by atoms with Gasteiger partial charge in [0.15, 0.2) is 0 Å². The van der Waals surface area contributed by atoms with Crippen molar-refractivity contribution in [3.63, 3.8) is 0 Å². The Morgan fingerprint density at radius 2 is 1.65 bits per heavy atom. The predicted octanol–water partition coefficient (Wildman–Crippen LogP) is 5.16. The van der Waals surface area contributed by atoms with Crippen LogP contribution in [0.4, 0.5) is 0 Å². The molecule has 0 aromatic heterocycles. The van der Waals surface area contributed by atoms with Crippen LogP contribution in [0.3, 0.4) is 0 Å². The molecule has 0 spiro atoms. The molecule has 0 unspecified atom stereocenters. The molecule has 2 atom stereocenters. The van der Waals surface area contributed by atoms with Crippen molar-refractivity contribution >= 4 is 29.4 Å². The lowest BCUT2D eigenvalue weighted by atomic mass is 9.91. The maximum atomic E-state index is 13.3. The number of amides is 1. The summed E-state index contributed by atoms with van der Waals surface area (Å²) in [5.41, 5.74) is -2.21. The Balaban J connectivity index is 2.06. The normalized spacial score (nSPS) is 25.2. The zero-order valence-electron chi connectivity index (χ0n) is 19.8. The summed E-state index contributed by atoms with van der Waals surface area (Å²) in [7, 11) is 1.23. The van der Waals surface area contributed by atoms with E-state index in [2.05, 4.69) is 6.92 Å². The molecular weight excluding hydrogens is 414 g/mol. The number of ketones is 1. The lowest BCUT2D eigenvalue weighted by Crippen LogP contribution is -2.57. The quantitative estimate of drug-likeness (QED) is 0.116. The third-order valence-corrected chi connectivity index (χ3v) is 8.02. The number of aliphatic hydroxyl groups is 1. The van der Waals surface area contributed by atoms with Crippen molar-refractivity contribution in [1.29, 1.82) is 0 Å². The minimum absolute atomic E-state index is 0.154. The SMILES string of the molecule is CCCCCCCCCCC/C(O)=C1/C(=O)N2[C@@H](C(C)(C)C)SC[C@]2(C(=O)OC)C1=O. The summed E-state index contributed by atoms with van der Waals surface area (Å²) < 4.78 is 4.94. The van der Waals surface area contributed by atoms with Crippen LogP contribution in [0.25, 0.3) is 0 Å². The minimum atomic E-state index is -1.66. The lowest BCUT2D eigenvalue weighted by Gasteiger charge is -2.36. The second-order valence-electron chi connectivity index (χ2n) is 9.79. The van der Waals surface area contributed by atoms with E-state index in [1.54, 1.807) is 0 Å². The minimum Gasteiger partial charge on any atom is -0.511 e. The molecule has 7 heteroatoms. The number of carbonyl (C=O) groups is 3. The summed E-state index contributed by atoms with van der Waals surface area (Å²) in [6, 6.07) is 0. The van der Waals surface area contributed by atoms with Crippen LogP contribution in [0.1, 0.15) is 91.9 Å². The number of hydrogen-bond acceptors (Lipinski definition) is 6. The van der Waals surface area contributed by atoms with Crippen LogP contribution in [0.15, 0.2) is 11.3 Å². The highest BCUT2D eigenvalue weighted by Gasteiger charge is 2.69. The number of nitrogens with zero attached hydrogens (tertiary/aromatic N) is 1. The topological polar surface area (TPSA) is 83.9 Å². The number of fused-ring (bicyclic) bond motifs is 1. The molecule has 0 radical (unpaired) electrons. The van der Waals surface area contributed by atoms with E-state index in [4.69, 9.17) is 4.74 Å². The molecule has 0 saturated carbocycles. The van der Waals surface area contributed by atoms with E-state index in [0.29, 0.717) is 6.42 Å². The van der Waals surface area contributed by atoms with Crippen molar-refractivity contribution in [3.8, 4) is 0 Å². The first-order valence-corrected chi connectivity index (χ1v) is 12.7. The average Bonchev–Trinajstić information content (AvgIpc) is 3.22. The molecule has 1 N–H and O–H groups in total. The Morgan fingerprint density at radius 3 is 2.16 bits per heavy atom. The summed E-state index contributed by atoms with van der Waals surface area (Å²) in [4.78, 5) is 40.6. The van der Waals surface area contributed by atoms with Gasteiger partial charge in [-0.3, -0.25) is 9.59 Å². The van der Waals surface area contributed by atoms with Crippen LogP contribution in [0.5, 0.6) is 0 Å². The molecule has 2 aliphatic rings. The van der Waals surface area contributed by atoms with E-state index >= 15 is 0 Å².